The van der Waals surface area contributed by atoms with Crippen molar-refractivity contribution in [3.63, 3.8) is 0 Å². The Morgan fingerprint density at radius 1 is 1.29 bits per heavy atom. The van der Waals surface area contributed by atoms with Gasteiger partial charge in [-0.1, -0.05) is 11.3 Å². The first kappa shape index (κ1) is 15.5. The maximum absolute atomic E-state index is 11.5. The lowest BCUT2D eigenvalue weighted by Gasteiger charge is -2.03. The Labute approximate surface area is 126 Å². The highest BCUT2D eigenvalue weighted by atomic mass is 32.2. The van der Waals surface area contributed by atoms with Gasteiger partial charge in [-0.2, -0.15) is 0 Å². The van der Waals surface area contributed by atoms with Gasteiger partial charge in [0.2, 0.25) is 0 Å². The Bertz CT molecular complexity index is 764. The number of hydrogen-bond acceptors (Lipinski definition) is 7. The number of hydrogen-bond donors (Lipinski definition) is 1. The van der Waals surface area contributed by atoms with E-state index >= 15 is 0 Å². The van der Waals surface area contributed by atoms with Gasteiger partial charge >= 0.3 is 5.97 Å². The van der Waals surface area contributed by atoms with Crippen molar-refractivity contribution in [1.82, 2.24) is 4.98 Å². The Kier molecular flexibility index (Phi) is 4.29. The molecule has 0 fully saturated rings. The number of esters is 1. The smallest absolute Gasteiger partial charge is 0.350 e. The van der Waals surface area contributed by atoms with Crippen molar-refractivity contribution in [3.05, 3.63) is 34.8 Å². The zero-order valence-corrected chi connectivity index (χ0v) is 13.3. The third-order valence-electron chi connectivity index (χ3n) is 2.70. The standard InChI is InChI=1S/C13H14N2O4S2/c1-8-11(12(16)19-2)20-13(14-8)15-9-4-6-10(7-5-9)21(3,17)18/h4-7H,1-3H3,(H,14,15). The van der Waals surface area contributed by atoms with Crippen LogP contribution in [0, 0.1) is 6.92 Å². The van der Waals surface area contributed by atoms with Crippen LogP contribution in [0.15, 0.2) is 29.2 Å². The number of methoxy groups -OCH3 is 1. The van der Waals surface area contributed by atoms with Crippen LogP contribution in [0.1, 0.15) is 15.4 Å². The average molecular weight is 326 g/mol. The Balaban J connectivity index is 2.21. The van der Waals surface area contributed by atoms with Crippen molar-refractivity contribution in [1.29, 1.82) is 0 Å². The van der Waals surface area contributed by atoms with E-state index in [0.29, 0.717) is 21.4 Å². The number of anilines is 2. The van der Waals surface area contributed by atoms with E-state index in [1.54, 1.807) is 19.1 Å². The minimum absolute atomic E-state index is 0.249. The van der Waals surface area contributed by atoms with E-state index in [-0.39, 0.29) is 4.90 Å². The van der Waals surface area contributed by atoms with Gasteiger partial charge < -0.3 is 10.1 Å². The molecule has 0 spiro atoms. The van der Waals surface area contributed by atoms with E-state index in [1.165, 1.54) is 30.6 Å². The van der Waals surface area contributed by atoms with Gasteiger partial charge in [0.05, 0.1) is 17.7 Å². The highest BCUT2D eigenvalue weighted by Crippen LogP contribution is 2.26. The minimum Gasteiger partial charge on any atom is -0.465 e. The number of nitrogens with one attached hydrogen (secondary N) is 1. The molecule has 0 radical (unpaired) electrons. The summed E-state index contributed by atoms with van der Waals surface area (Å²) in [5.74, 6) is -0.425. The predicted molar refractivity (Wildman–Crippen MR) is 81.0 cm³/mol. The van der Waals surface area contributed by atoms with E-state index in [0.717, 1.165) is 6.26 Å². The monoisotopic (exact) mass is 326 g/mol. The molecule has 0 saturated carbocycles. The molecule has 0 aliphatic carbocycles. The number of thiazole rings is 1. The average Bonchev–Trinajstić information content (AvgIpc) is 2.78. The van der Waals surface area contributed by atoms with Gasteiger partial charge in [0.25, 0.3) is 0 Å². The number of aryl methyl sites for hydroxylation is 1. The van der Waals surface area contributed by atoms with Crippen LogP contribution < -0.4 is 5.32 Å². The third kappa shape index (κ3) is 3.59. The van der Waals surface area contributed by atoms with Crippen molar-refractivity contribution < 1.29 is 17.9 Å². The summed E-state index contributed by atoms with van der Waals surface area (Å²) in [6.07, 6.45) is 1.16. The summed E-state index contributed by atoms with van der Waals surface area (Å²) in [6, 6.07) is 6.31. The van der Waals surface area contributed by atoms with E-state index in [9.17, 15) is 13.2 Å². The van der Waals surface area contributed by atoms with Crippen molar-refractivity contribution in [2.75, 3.05) is 18.7 Å². The number of aromatic nitrogens is 1. The maximum atomic E-state index is 11.5. The Morgan fingerprint density at radius 3 is 2.43 bits per heavy atom. The van der Waals surface area contributed by atoms with Gasteiger partial charge in [-0.3, -0.25) is 0 Å². The molecule has 6 nitrogen and oxygen atoms in total. The summed E-state index contributed by atoms with van der Waals surface area (Å²) in [7, 11) is -1.89. The maximum Gasteiger partial charge on any atom is 0.350 e. The van der Waals surface area contributed by atoms with E-state index < -0.39 is 15.8 Å². The Morgan fingerprint density at radius 2 is 1.90 bits per heavy atom. The van der Waals surface area contributed by atoms with Crippen LogP contribution in [0.3, 0.4) is 0 Å². The number of rotatable bonds is 4. The molecule has 21 heavy (non-hydrogen) atoms. The first-order valence-corrected chi connectivity index (χ1v) is 8.65. The number of carbonyl (C=O) groups is 1. The second kappa shape index (κ2) is 5.82. The zero-order valence-electron chi connectivity index (χ0n) is 11.7. The lowest BCUT2D eigenvalue weighted by atomic mass is 10.3. The molecular weight excluding hydrogens is 312 g/mol. The summed E-state index contributed by atoms with van der Waals surface area (Å²) >= 11 is 1.18. The molecule has 8 heteroatoms. The van der Waals surface area contributed by atoms with Crippen LogP contribution in [-0.2, 0) is 14.6 Å². The molecule has 0 aliphatic heterocycles. The summed E-state index contributed by atoms with van der Waals surface area (Å²) < 4.78 is 27.4. The fourth-order valence-corrected chi connectivity index (χ4v) is 3.18. The Hall–Kier alpha value is -1.93. The van der Waals surface area contributed by atoms with Crippen LogP contribution in [0.4, 0.5) is 10.8 Å². The van der Waals surface area contributed by atoms with E-state index in [4.69, 9.17) is 0 Å². The molecule has 0 saturated heterocycles. The highest BCUT2D eigenvalue weighted by Gasteiger charge is 2.15. The molecule has 2 rings (SSSR count). The number of nitrogens with zero attached hydrogens (tertiary/aromatic N) is 1. The summed E-state index contributed by atoms with van der Waals surface area (Å²) in [5.41, 5.74) is 1.27. The quantitative estimate of drug-likeness (QED) is 0.868. The topological polar surface area (TPSA) is 85.4 Å². The molecule has 2 aromatic rings. The fourth-order valence-electron chi connectivity index (χ4n) is 1.64. The second-order valence-corrected chi connectivity index (χ2v) is 7.36. The predicted octanol–water partition coefficient (Wildman–Crippen LogP) is 2.39. The molecular formula is C13H14N2O4S2. The molecule has 0 bridgehead atoms. The third-order valence-corrected chi connectivity index (χ3v) is 4.88. The molecule has 0 aliphatic rings. The van der Waals surface area contributed by atoms with Crippen molar-refractivity contribution >= 4 is 38.0 Å². The summed E-state index contributed by atoms with van der Waals surface area (Å²) in [5, 5.41) is 3.57. The normalized spacial score (nSPS) is 11.2. The second-order valence-electron chi connectivity index (χ2n) is 4.35. The van der Waals surface area contributed by atoms with Crippen molar-refractivity contribution in [3.8, 4) is 0 Å². The lowest BCUT2D eigenvalue weighted by molar-refractivity contribution is 0.0605. The van der Waals surface area contributed by atoms with Crippen molar-refractivity contribution in [2.24, 2.45) is 0 Å². The van der Waals surface area contributed by atoms with Gasteiger partial charge in [0.15, 0.2) is 15.0 Å². The SMILES string of the molecule is COC(=O)c1sc(Nc2ccc(S(C)(=O)=O)cc2)nc1C. The summed E-state index contributed by atoms with van der Waals surface area (Å²) in [4.78, 5) is 16.4. The highest BCUT2D eigenvalue weighted by molar-refractivity contribution is 7.90. The van der Waals surface area contributed by atoms with Crippen LogP contribution in [0.5, 0.6) is 0 Å². The fraction of sp³-hybridized carbons (Fsp3) is 0.231. The molecule has 0 amide bonds. The molecule has 1 heterocycles. The first-order chi connectivity index (χ1) is 9.81. The van der Waals surface area contributed by atoms with Gasteiger partial charge in [-0.25, -0.2) is 18.2 Å². The largest absolute Gasteiger partial charge is 0.465 e. The van der Waals surface area contributed by atoms with Gasteiger partial charge in [-0.05, 0) is 31.2 Å². The summed E-state index contributed by atoms with van der Waals surface area (Å²) in [6.45, 7) is 1.72. The van der Waals surface area contributed by atoms with Crippen LogP contribution in [0.25, 0.3) is 0 Å². The van der Waals surface area contributed by atoms with Gasteiger partial charge in [0, 0.05) is 11.9 Å². The van der Waals surface area contributed by atoms with E-state index in [1.807, 2.05) is 0 Å². The molecule has 112 valence electrons. The number of benzene rings is 1. The van der Waals surface area contributed by atoms with Gasteiger partial charge in [0.1, 0.15) is 4.88 Å². The molecule has 1 aromatic carbocycles. The number of sulfone groups is 1. The van der Waals surface area contributed by atoms with Gasteiger partial charge in [-0.15, -0.1) is 0 Å². The zero-order chi connectivity index (χ0) is 15.6. The lowest BCUT2D eigenvalue weighted by Crippen LogP contribution is -1.99. The van der Waals surface area contributed by atoms with E-state index in [2.05, 4.69) is 15.0 Å². The van der Waals surface area contributed by atoms with Crippen LogP contribution in [0.2, 0.25) is 0 Å². The number of carbonyl (C=O) groups excluding carboxylic acids is 1. The first-order valence-electron chi connectivity index (χ1n) is 5.94. The molecule has 0 atom stereocenters. The van der Waals surface area contributed by atoms with Crippen LogP contribution in [-0.4, -0.2) is 32.7 Å². The molecule has 1 aromatic heterocycles. The minimum atomic E-state index is -3.21. The number of ether oxygens (including phenoxy) is 1. The molecule has 0 unspecified atom stereocenters. The van der Waals surface area contributed by atoms with Crippen LogP contribution >= 0.6 is 11.3 Å². The molecule has 1 N–H and O–H groups in total. The van der Waals surface area contributed by atoms with Crippen molar-refractivity contribution in [2.45, 2.75) is 11.8 Å².